The topological polar surface area (TPSA) is 45.7 Å². The van der Waals surface area contributed by atoms with Crippen molar-refractivity contribution in [2.45, 2.75) is 19.3 Å². The molecule has 0 N–H and O–H groups in total. The lowest BCUT2D eigenvalue weighted by Gasteiger charge is -2.18. The van der Waals surface area contributed by atoms with E-state index in [0.29, 0.717) is 17.3 Å². The number of ether oxygens (including phenoxy) is 1. The predicted octanol–water partition coefficient (Wildman–Crippen LogP) is 3.42. The van der Waals surface area contributed by atoms with Crippen LogP contribution in [0.5, 0.6) is 5.75 Å². The molecular formula is C20H24ClN3O2. The quantitative estimate of drug-likeness (QED) is 0.746. The van der Waals surface area contributed by atoms with Gasteiger partial charge in [0.2, 0.25) is 5.91 Å². The molecule has 1 aromatic heterocycles. The van der Waals surface area contributed by atoms with Crippen LogP contribution >= 0.6 is 11.6 Å². The maximum absolute atomic E-state index is 12.4. The highest BCUT2D eigenvalue weighted by Crippen LogP contribution is 2.19. The number of hydrogen-bond donors (Lipinski definition) is 0. The predicted molar refractivity (Wildman–Crippen MR) is 104 cm³/mol. The number of amides is 1. The van der Waals surface area contributed by atoms with Crippen LogP contribution < -0.4 is 9.64 Å². The Labute approximate surface area is 159 Å². The molecule has 1 saturated heterocycles. The van der Waals surface area contributed by atoms with Crippen molar-refractivity contribution in [3.05, 3.63) is 53.3 Å². The molecule has 6 heteroatoms. The zero-order valence-electron chi connectivity index (χ0n) is 15.0. The first-order valence-corrected chi connectivity index (χ1v) is 9.32. The van der Waals surface area contributed by atoms with Crippen LogP contribution in [-0.2, 0) is 11.2 Å². The first-order valence-electron chi connectivity index (χ1n) is 8.94. The van der Waals surface area contributed by atoms with Crippen LogP contribution in [0.2, 0.25) is 5.02 Å². The molecule has 0 radical (unpaired) electrons. The number of rotatable bonds is 7. The Morgan fingerprint density at radius 2 is 1.92 bits per heavy atom. The van der Waals surface area contributed by atoms with Crippen LogP contribution in [0.25, 0.3) is 0 Å². The van der Waals surface area contributed by atoms with Crippen molar-refractivity contribution >= 4 is 23.2 Å². The van der Waals surface area contributed by atoms with Gasteiger partial charge in [0.25, 0.3) is 0 Å². The molecule has 5 nitrogen and oxygen atoms in total. The van der Waals surface area contributed by atoms with Crippen molar-refractivity contribution < 1.29 is 9.53 Å². The number of anilines is 1. The van der Waals surface area contributed by atoms with Gasteiger partial charge in [-0.05, 0) is 62.3 Å². The van der Waals surface area contributed by atoms with Crippen molar-refractivity contribution in [3.63, 3.8) is 0 Å². The number of likely N-dealkylation sites (tertiary alicyclic amines) is 1. The van der Waals surface area contributed by atoms with Crippen molar-refractivity contribution in [1.82, 2.24) is 9.88 Å². The summed E-state index contributed by atoms with van der Waals surface area (Å²) in [6.07, 6.45) is 4.38. The molecule has 2 aromatic rings. The van der Waals surface area contributed by atoms with E-state index in [1.165, 1.54) is 25.9 Å². The number of benzene rings is 1. The minimum Gasteiger partial charge on any atom is -0.492 e. The average Bonchev–Trinajstić information content (AvgIpc) is 3.17. The second-order valence-electron chi connectivity index (χ2n) is 6.49. The molecule has 0 saturated carbocycles. The molecule has 1 aromatic carbocycles. The summed E-state index contributed by atoms with van der Waals surface area (Å²) in [7, 11) is 1.77. The van der Waals surface area contributed by atoms with E-state index in [9.17, 15) is 4.79 Å². The minimum absolute atomic E-state index is 0.0254. The van der Waals surface area contributed by atoms with Crippen LogP contribution in [0, 0.1) is 0 Å². The molecule has 1 fully saturated rings. The van der Waals surface area contributed by atoms with Gasteiger partial charge < -0.3 is 9.64 Å². The minimum atomic E-state index is -0.0254. The summed E-state index contributed by atoms with van der Waals surface area (Å²) in [6.45, 7) is 4.01. The summed E-state index contributed by atoms with van der Waals surface area (Å²) in [5, 5.41) is 0.565. The van der Waals surface area contributed by atoms with E-state index in [4.69, 9.17) is 16.3 Å². The van der Waals surface area contributed by atoms with E-state index < -0.39 is 0 Å². The fraction of sp³-hybridized carbons (Fsp3) is 0.400. The van der Waals surface area contributed by atoms with Crippen molar-refractivity contribution in [3.8, 4) is 5.75 Å². The zero-order chi connectivity index (χ0) is 18.4. The number of hydrogen-bond acceptors (Lipinski definition) is 4. The maximum atomic E-state index is 12.4. The summed E-state index contributed by atoms with van der Waals surface area (Å²) in [5.41, 5.74) is 1.53. The summed E-state index contributed by atoms with van der Waals surface area (Å²) in [6, 6.07) is 11.1. The first kappa shape index (κ1) is 18.7. The number of carbonyl (C=O) groups excluding carboxylic acids is 1. The van der Waals surface area contributed by atoms with Gasteiger partial charge in [0, 0.05) is 31.2 Å². The van der Waals surface area contributed by atoms with Crippen molar-refractivity contribution in [2.75, 3.05) is 38.2 Å². The van der Waals surface area contributed by atoms with Gasteiger partial charge in [0.15, 0.2) is 0 Å². The third-order valence-electron chi connectivity index (χ3n) is 4.59. The SMILES string of the molecule is CN(C(=O)Cc1ccc(Cl)cn1)c1ccc(OCCN2CCCC2)cc1. The summed E-state index contributed by atoms with van der Waals surface area (Å²) in [5.74, 6) is 0.802. The highest BCUT2D eigenvalue weighted by molar-refractivity contribution is 6.30. The van der Waals surface area contributed by atoms with Gasteiger partial charge in [-0.1, -0.05) is 11.6 Å². The number of pyridine rings is 1. The molecule has 3 rings (SSSR count). The van der Waals surface area contributed by atoms with E-state index in [0.717, 1.165) is 18.0 Å². The van der Waals surface area contributed by atoms with E-state index in [1.807, 2.05) is 24.3 Å². The highest BCUT2D eigenvalue weighted by atomic mass is 35.5. The fourth-order valence-corrected chi connectivity index (χ4v) is 3.11. The first-order chi connectivity index (χ1) is 12.6. The molecule has 0 unspecified atom stereocenters. The van der Waals surface area contributed by atoms with Gasteiger partial charge in [-0.3, -0.25) is 14.7 Å². The lowest BCUT2D eigenvalue weighted by molar-refractivity contribution is -0.117. The molecule has 138 valence electrons. The van der Waals surface area contributed by atoms with Gasteiger partial charge in [-0.25, -0.2) is 0 Å². The molecule has 26 heavy (non-hydrogen) atoms. The number of nitrogens with zero attached hydrogens (tertiary/aromatic N) is 3. The molecule has 0 bridgehead atoms. The summed E-state index contributed by atoms with van der Waals surface area (Å²) >= 11 is 5.82. The Bertz CT molecular complexity index is 713. The molecule has 0 aliphatic carbocycles. The Balaban J connectivity index is 1.49. The van der Waals surface area contributed by atoms with Gasteiger partial charge >= 0.3 is 0 Å². The van der Waals surface area contributed by atoms with Gasteiger partial charge in [-0.2, -0.15) is 0 Å². The molecule has 1 amide bonds. The third kappa shape index (κ3) is 5.19. The highest BCUT2D eigenvalue weighted by Gasteiger charge is 2.13. The molecule has 0 spiro atoms. The van der Waals surface area contributed by atoms with Crippen molar-refractivity contribution in [2.24, 2.45) is 0 Å². The molecule has 1 aliphatic heterocycles. The van der Waals surface area contributed by atoms with Gasteiger partial charge in [-0.15, -0.1) is 0 Å². The normalized spacial score (nSPS) is 14.4. The van der Waals surface area contributed by atoms with Crippen molar-refractivity contribution in [1.29, 1.82) is 0 Å². The van der Waals surface area contributed by atoms with E-state index in [2.05, 4.69) is 9.88 Å². The molecule has 0 atom stereocenters. The fourth-order valence-electron chi connectivity index (χ4n) is 2.99. The lowest BCUT2D eigenvalue weighted by atomic mass is 10.2. The Morgan fingerprint density at radius 1 is 1.19 bits per heavy atom. The molecule has 2 heterocycles. The Hall–Kier alpha value is -2.11. The van der Waals surface area contributed by atoms with E-state index in [-0.39, 0.29) is 12.3 Å². The van der Waals surface area contributed by atoms with Crippen LogP contribution in [0.4, 0.5) is 5.69 Å². The maximum Gasteiger partial charge on any atom is 0.232 e. The Kier molecular flexibility index (Phi) is 6.47. The summed E-state index contributed by atoms with van der Waals surface area (Å²) in [4.78, 5) is 20.6. The Morgan fingerprint density at radius 3 is 2.58 bits per heavy atom. The van der Waals surface area contributed by atoms with E-state index in [1.54, 1.807) is 30.3 Å². The number of aromatic nitrogens is 1. The smallest absolute Gasteiger partial charge is 0.232 e. The second-order valence-corrected chi connectivity index (χ2v) is 6.92. The van der Waals surface area contributed by atoms with Crippen LogP contribution in [0.15, 0.2) is 42.6 Å². The largest absolute Gasteiger partial charge is 0.492 e. The number of likely N-dealkylation sites (N-methyl/N-ethyl adjacent to an activating group) is 1. The van der Waals surface area contributed by atoms with Crippen LogP contribution in [0.3, 0.4) is 0 Å². The average molecular weight is 374 g/mol. The lowest BCUT2D eigenvalue weighted by Crippen LogP contribution is -2.28. The standard InChI is InChI=1S/C20H24ClN3O2/c1-23(20(25)14-17-5-4-16(21)15-22-17)18-6-8-19(9-7-18)26-13-12-24-10-2-3-11-24/h4-9,15H,2-3,10-14H2,1H3. The molecule has 1 aliphatic rings. The number of carbonyl (C=O) groups is 1. The van der Waals surface area contributed by atoms with Gasteiger partial charge in [0.1, 0.15) is 12.4 Å². The third-order valence-corrected chi connectivity index (χ3v) is 4.82. The zero-order valence-corrected chi connectivity index (χ0v) is 15.8. The van der Waals surface area contributed by atoms with Crippen LogP contribution in [-0.4, -0.2) is 49.1 Å². The monoisotopic (exact) mass is 373 g/mol. The van der Waals surface area contributed by atoms with E-state index >= 15 is 0 Å². The second kappa shape index (κ2) is 9.01. The molecular weight excluding hydrogens is 350 g/mol. The number of halogens is 1. The summed E-state index contributed by atoms with van der Waals surface area (Å²) < 4.78 is 5.80. The van der Waals surface area contributed by atoms with Gasteiger partial charge in [0.05, 0.1) is 11.4 Å². The van der Waals surface area contributed by atoms with Crippen LogP contribution in [0.1, 0.15) is 18.5 Å².